The van der Waals surface area contributed by atoms with Crippen LogP contribution >= 0.6 is 11.6 Å². The summed E-state index contributed by atoms with van der Waals surface area (Å²) in [6.45, 7) is 3.81. The summed E-state index contributed by atoms with van der Waals surface area (Å²) < 4.78 is 4.95. The average molecular weight is 285 g/mol. The van der Waals surface area contributed by atoms with E-state index in [0.29, 0.717) is 11.6 Å². The summed E-state index contributed by atoms with van der Waals surface area (Å²) in [5, 5.41) is 6.56. The maximum absolute atomic E-state index is 11.7. The number of nitrogens with one attached hydrogen (secondary N) is 2. The quantitative estimate of drug-likeness (QED) is 0.722. The van der Waals surface area contributed by atoms with Crippen LogP contribution in [0.15, 0.2) is 18.2 Å². The Hall–Kier alpha value is -1.10. The van der Waals surface area contributed by atoms with Crippen molar-refractivity contribution in [1.29, 1.82) is 0 Å². The minimum absolute atomic E-state index is 0.0582. The molecule has 0 atom stereocenters. The molecule has 0 saturated carbocycles. The molecule has 0 heterocycles. The third kappa shape index (κ3) is 6.57. The third-order valence-corrected chi connectivity index (χ3v) is 2.95. The van der Waals surface area contributed by atoms with Gasteiger partial charge in [-0.3, -0.25) is 4.79 Å². The molecular formula is C14H21ClN2O2. The van der Waals surface area contributed by atoms with Crippen molar-refractivity contribution in [1.82, 2.24) is 5.32 Å². The molecule has 1 amide bonds. The van der Waals surface area contributed by atoms with Gasteiger partial charge in [-0.25, -0.2) is 0 Å². The lowest BCUT2D eigenvalue weighted by atomic mass is 10.2. The number of amides is 1. The van der Waals surface area contributed by atoms with Crippen LogP contribution in [0.4, 0.5) is 5.69 Å². The van der Waals surface area contributed by atoms with Gasteiger partial charge in [-0.2, -0.15) is 0 Å². The summed E-state index contributed by atoms with van der Waals surface area (Å²) in [5.74, 6) is -0.0582. The number of rotatable bonds is 8. The van der Waals surface area contributed by atoms with E-state index in [1.807, 2.05) is 13.0 Å². The maximum Gasteiger partial charge on any atom is 0.238 e. The summed E-state index contributed by atoms with van der Waals surface area (Å²) >= 11 is 5.90. The largest absolute Gasteiger partial charge is 0.385 e. The molecule has 1 rings (SSSR count). The molecule has 0 spiro atoms. The number of methoxy groups -OCH3 is 1. The summed E-state index contributed by atoms with van der Waals surface area (Å²) in [5.41, 5.74) is 1.76. The van der Waals surface area contributed by atoms with Crippen LogP contribution in [0, 0.1) is 6.92 Å². The first kappa shape index (κ1) is 16.0. The Morgan fingerprint density at radius 2 is 2.16 bits per heavy atom. The van der Waals surface area contributed by atoms with Gasteiger partial charge < -0.3 is 15.4 Å². The van der Waals surface area contributed by atoms with Gasteiger partial charge in [-0.1, -0.05) is 17.7 Å². The molecule has 0 unspecified atom stereocenters. The van der Waals surface area contributed by atoms with Gasteiger partial charge in [0.2, 0.25) is 5.91 Å². The molecule has 2 N–H and O–H groups in total. The number of carbonyl (C=O) groups is 1. The van der Waals surface area contributed by atoms with E-state index in [2.05, 4.69) is 10.6 Å². The molecule has 0 bridgehead atoms. The molecule has 1 aromatic rings. The first-order chi connectivity index (χ1) is 9.13. The number of halogens is 1. The SMILES string of the molecule is COCCCCNCC(=O)Nc1cc(Cl)ccc1C. The normalized spacial score (nSPS) is 10.5. The van der Waals surface area contributed by atoms with Crippen LogP contribution in [0.5, 0.6) is 0 Å². The van der Waals surface area contributed by atoms with Crippen molar-refractivity contribution in [3.05, 3.63) is 28.8 Å². The Labute approximate surface area is 119 Å². The van der Waals surface area contributed by atoms with Crippen molar-refractivity contribution >= 4 is 23.2 Å². The second kappa shape index (κ2) is 8.91. The van der Waals surface area contributed by atoms with Gasteiger partial charge in [0.15, 0.2) is 0 Å². The number of carbonyl (C=O) groups excluding carboxylic acids is 1. The predicted octanol–water partition coefficient (Wildman–Crippen LogP) is 2.60. The molecule has 5 heteroatoms. The van der Waals surface area contributed by atoms with Crippen molar-refractivity contribution < 1.29 is 9.53 Å². The second-order valence-electron chi connectivity index (χ2n) is 4.38. The van der Waals surface area contributed by atoms with Gasteiger partial charge in [0.05, 0.1) is 6.54 Å². The van der Waals surface area contributed by atoms with E-state index >= 15 is 0 Å². The van der Waals surface area contributed by atoms with E-state index in [-0.39, 0.29) is 5.91 Å². The van der Waals surface area contributed by atoms with E-state index in [4.69, 9.17) is 16.3 Å². The molecule has 19 heavy (non-hydrogen) atoms. The Bertz CT molecular complexity index is 410. The minimum Gasteiger partial charge on any atom is -0.385 e. The van der Waals surface area contributed by atoms with Crippen molar-refractivity contribution in [3.63, 3.8) is 0 Å². The smallest absolute Gasteiger partial charge is 0.238 e. The van der Waals surface area contributed by atoms with Crippen LogP contribution in [0.2, 0.25) is 5.02 Å². The summed E-state index contributed by atoms with van der Waals surface area (Å²) in [7, 11) is 1.69. The molecule has 106 valence electrons. The van der Waals surface area contributed by atoms with Gasteiger partial charge in [0.25, 0.3) is 0 Å². The van der Waals surface area contributed by atoms with E-state index < -0.39 is 0 Å². The van der Waals surface area contributed by atoms with Crippen LogP contribution < -0.4 is 10.6 Å². The van der Waals surface area contributed by atoms with Crippen molar-refractivity contribution in [2.45, 2.75) is 19.8 Å². The molecule has 0 fully saturated rings. The number of benzene rings is 1. The van der Waals surface area contributed by atoms with E-state index in [1.165, 1.54) is 0 Å². The fourth-order valence-corrected chi connectivity index (χ4v) is 1.79. The zero-order valence-corrected chi connectivity index (χ0v) is 12.2. The number of anilines is 1. The van der Waals surface area contributed by atoms with E-state index in [9.17, 15) is 4.79 Å². The van der Waals surface area contributed by atoms with Gasteiger partial charge in [0.1, 0.15) is 0 Å². The molecule has 1 aromatic carbocycles. The summed E-state index contributed by atoms with van der Waals surface area (Å²) in [4.78, 5) is 11.7. The first-order valence-corrected chi connectivity index (χ1v) is 6.77. The highest BCUT2D eigenvalue weighted by atomic mass is 35.5. The fraction of sp³-hybridized carbons (Fsp3) is 0.500. The molecule has 0 aliphatic heterocycles. The Balaban J connectivity index is 2.25. The molecule has 0 aliphatic carbocycles. The van der Waals surface area contributed by atoms with Gasteiger partial charge in [0, 0.05) is 24.4 Å². The average Bonchev–Trinajstić information content (AvgIpc) is 2.38. The minimum atomic E-state index is -0.0582. The zero-order valence-electron chi connectivity index (χ0n) is 11.5. The lowest BCUT2D eigenvalue weighted by Gasteiger charge is -2.09. The van der Waals surface area contributed by atoms with Crippen LogP contribution in [0.25, 0.3) is 0 Å². The van der Waals surface area contributed by atoms with Crippen molar-refractivity contribution in [2.24, 2.45) is 0 Å². The molecule has 4 nitrogen and oxygen atoms in total. The lowest BCUT2D eigenvalue weighted by Crippen LogP contribution is -2.29. The maximum atomic E-state index is 11.7. The predicted molar refractivity (Wildman–Crippen MR) is 78.8 cm³/mol. The highest BCUT2D eigenvalue weighted by Gasteiger charge is 2.04. The van der Waals surface area contributed by atoms with Crippen molar-refractivity contribution in [3.8, 4) is 0 Å². The highest BCUT2D eigenvalue weighted by molar-refractivity contribution is 6.31. The van der Waals surface area contributed by atoms with Crippen LogP contribution in [0.3, 0.4) is 0 Å². The van der Waals surface area contributed by atoms with Crippen molar-refractivity contribution in [2.75, 3.05) is 32.1 Å². The highest BCUT2D eigenvalue weighted by Crippen LogP contribution is 2.19. The van der Waals surface area contributed by atoms with Crippen LogP contribution in [0.1, 0.15) is 18.4 Å². The Morgan fingerprint density at radius 1 is 1.37 bits per heavy atom. The first-order valence-electron chi connectivity index (χ1n) is 6.39. The molecule has 0 radical (unpaired) electrons. The van der Waals surface area contributed by atoms with E-state index in [0.717, 1.165) is 37.2 Å². The fourth-order valence-electron chi connectivity index (χ4n) is 1.62. The van der Waals surface area contributed by atoms with Gasteiger partial charge in [-0.15, -0.1) is 0 Å². The summed E-state index contributed by atoms with van der Waals surface area (Å²) in [6.07, 6.45) is 2.00. The third-order valence-electron chi connectivity index (χ3n) is 2.71. The second-order valence-corrected chi connectivity index (χ2v) is 4.82. The zero-order chi connectivity index (χ0) is 14.1. The number of hydrogen-bond acceptors (Lipinski definition) is 3. The molecule has 0 aliphatic rings. The monoisotopic (exact) mass is 284 g/mol. The molecule has 0 aromatic heterocycles. The molecule has 0 saturated heterocycles. The summed E-state index contributed by atoms with van der Waals surface area (Å²) in [6, 6.07) is 5.45. The molecular weight excluding hydrogens is 264 g/mol. The Morgan fingerprint density at radius 3 is 2.89 bits per heavy atom. The van der Waals surface area contributed by atoms with Crippen LogP contribution in [-0.4, -0.2) is 32.7 Å². The van der Waals surface area contributed by atoms with Gasteiger partial charge in [-0.05, 0) is 44.0 Å². The standard InChI is InChI=1S/C14H21ClN2O2/c1-11-5-6-12(15)9-13(11)17-14(18)10-16-7-3-4-8-19-2/h5-6,9,16H,3-4,7-8,10H2,1-2H3,(H,17,18). The number of aryl methyl sites for hydroxylation is 1. The number of ether oxygens (including phenoxy) is 1. The Kier molecular flexibility index (Phi) is 7.48. The van der Waals surface area contributed by atoms with Gasteiger partial charge >= 0.3 is 0 Å². The number of hydrogen-bond donors (Lipinski definition) is 2. The number of unbranched alkanes of at least 4 members (excludes halogenated alkanes) is 1. The topological polar surface area (TPSA) is 50.4 Å². The van der Waals surface area contributed by atoms with E-state index in [1.54, 1.807) is 19.2 Å². The lowest BCUT2D eigenvalue weighted by molar-refractivity contribution is -0.115. The van der Waals surface area contributed by atoms with Crippen LogP contribution in [-0.2, 0) is 9.53 Å².